The molecular weight excluding hydrogens is 292 g/mol. The van der Waals surface area contributed by atoms with Crippen LogP contribution in [0.1, 0.15) is 10.5 Å². The van der Waals surface area contributed by atoms with Crippen molar-refractivity contribution in [1.29, 1.82) is 0 Å². The van der Waals surface area contributed by atoms with Gasteiger partial charge in [-0.2, -0.15) is 9.97 Å². The van der Waals surface area contributed by atoms with Crippen molar-refractivity contribution >= 4 is 11.8 Å². The SMILES string of the molecule is COC(=O)c1nc(N)ccc1Oc1nc(OC)cc(OC)n1. The Balaban J connectivity index is 2.40. The number of nitrogens with two attached hydrogens (primary N) is 1. The zero-order valence-corrected chi connectivity index (χ0v) is 12.2. The summed E-state index contributed by atoms with van der Waals surface area (Å²) in [5, 5.41) is 0. The summed E-state index contributed by atoms with van der Waals surface area (Å²) < 4.78 is 20.1. The van der Waals surface area contributed by atoms with Gasteiger partial charge in [0.25, 0.3) is 0 Å². The fourth-order valence-electron chi connectivity index (χ4n) is 1.52. The molecule has 0 radical (unpaired) electrons. The van der Waals surface area contributed by atoms with Crippen molar-refractivity contribution in [2.24, 2.45) is 0 Å². The highest BCUT2D eigenvalue weighted by molar-refractivity contribution is 5.90. The van der Waals surface area contributed by atoms with E-state index in [9.17, 15) is 4.79 Å². The van der Waals surface area contributed by atoms with Gasteiger partial charge in [-0.3, -0.25) is 0 Å². The molecule has 9 nitrogen and oxygen atoms in total. The first-order valence-corrected chi connectivity index (χ1v) is 6.07. The number of pyridine rings is 1. The third-order valence-corrected chi connectivity index (χ3v) is 2.54. The molecule has 0 bridgehead atoms. The summed E-state index contributed by atoms with van der Waals surface area (Å²) >= 11 is 0. The van der Waals surface area contributed by atoms with Crippen LogP contribution in [0, 0.1) is 0 Å². The molecule has 0 saturated heterocycles. The van der Waals surface area contributed by atoms with Gasteiger partial charge in [-0.15, -0.1) is 0 Å². The lowest BCUT2D eigenvalue weighted by molar-refractivity contribution is 0.0591. The van der Waals surface area contributed by atoms with Gasteiger partial charge in [0.1, 0.15) is 5.82 Å². The van der Waals surface area contributed by atoms with Gasteiger partial charge in [-0.1, -0.05) is 0 Å². The topological polar surface area (TPSA) is 119 Å². The fourth-order valence-corrected chi connectivity index (χ4v) is 1.52. The minimum absolute atomic E-state index is 0.0760. The monoisotopic (exact) mass is 306 g/mol. The summed E-state index contributed by atoms with van der Waals surface area (Å²) in [5.41, 5.74) is 5.47. The molecule has 0 aliphatic rings. The van der Waals surface area contributed by atoms with Crippen LogP contribution >= 0.6 is 0 Å². The van der Waals surface area contributed by atoms with Crippen LogP contribution in [0.5, 0.6) is 23.5 Å². The fraction of sp³-hybridized carbons (Fsp3) is 0.231. The van der Waals surface area contributed by atoms with E-state index in [-0.39, 0.29) is 35.0 Å². The Morgan fingerprint density at radius 3 is 2.23 bits per heavy atom. The van der Waals surface area contributed by atoms with Gasteiger partial charge in [-0.25, -0.2) is 9.78 Å². The maximum absolute atomic E-state index is 11.7. The molecule has 9 heteroatoms. The lowest BCUT2D eigenvalue weighted by Crippen LogP contribution is -2.09. The van der Waals surface area contributed by atoms with Crippen LogP contribution in [-0.4, -0.2) is 42.3 Å². The van der Waals surface area contributed by atoms with Gasteiger partial charge in [0.15, 0.2) is 11.4 Å². The molecule has 0 aliphatic heterocycles. The number of ether oxygens (including phenoxy) is 4. The van der Waals surface area contributed by atoms with Crippen LogP contribution in [0.4, 0.5) is 5.82 Å². The highest BCUT2D eigenvalue weighted by Crippen LogP contribution is 2.26. The van der Waals surface area contributed by atoms with Gasteiger partial charge in [0.2, 0.25) is 11.8 Å². The standard InChI is InChI=1S/C13H14N4O5/c1-19-9-6-10(20-2)17-13(16-9)22-7-4-5-8(14)15-11(7)12(18)21-3/h4-6H,1-3H3,(H2,14,15). The molecular formula is C13H14N4O5. The van der Waals surface area contributed by atoms with E-state index < -0.39 is 5.97 Å². The molecule has 2 aromatic heterocycles. The van der Waals surface area contributed by atoms with E-state index in [4.69, 9.17) is 19.9 Å². The molecule has 116 valence electrons. The number of carbonyl (C=O) groups is 1. The summed E-state index contributed by atoms with van der Waals surface area (Å²) in [6.45, 7) is 0. The first-order chi connectivity index (χ1) is 10.6. The molecule has 0 fully saturated rings. The molecule has 2 rings (SSSR count). The predicted octanol–water partition coefficient (Wildman–Crippen LogP) is 1.05. The van der Waals surface area contributed by atoms with Crippen molar-refractivity contribution in [2.75, 3.05) is 27.1 Å². The Bertz CT molecular complexity index is 670. The van der Waals surface area contributed by atoms with Crippen molar-refractivity contribution in [3.05, 3.63) is 23.9 Å². The Morgan fingerprint density at radius 1 is 1.05 bits per heavy atom. The summed E-state index contributed by atoms with van der Waals surface area (Å²) in [5.74, 6) is 0.0279. The highest BCUT2D eigenvalue weighted by Gasteiger charge is 2.18. The molecule has 0 saturated carbocycles. The van der Waals surface area contributed by atoms with Crippen LogP contribution in [-0.2, 0) is 4.74 Å². The highest BCUT2D eigenvalue weighted by atomic mass is 16.5. The molecule has 0 spiro atoms. The predicted molar refractivity (Wildman–Crippen MR) is 75.2 cm³/mol. The summed E-state index contributed by atoms with van der Waals surface area (Å²) in [4.78, 5) is 23.6. The van der Waals surface area contributed by atoms with Crippen LogP contribution in [0.2, 0.25) is 0 Å². The zero-order valence-electron chi connectivity index (χ0n) is 12.2. The first kappa shape index (κ1) is 15.3. The van der Waals surface area contributed by atoms with Crippen molar-refractivity contribution in [3.8, 4) is 23.5 Å². The lowest BCUT2D eigenvalue weighted by Gasteiger charge is -2.10. The average Bonchev–Trinajstić information content (AvgIpc) is 2.55. The lowest BCUT2D eigenvalue weighted by atomic mass is 10.3. The molecule has 0 unspecified atom stereocenters. The second-order valence-electron chi connectivity index (χ2n) is 3.91. The summed E-state index contributed by atoms with van der Waals surface area (Å²) in [7, 11) is 4.11. The third-order valence-electron chi connectivity index (χ3n) is 2.54. The second kappa shape index (κ2) is 6.57. The number of nitrogen functional groups attached to an aromatic ring is 1. The number of rotatable bonds is 5. The minimum atomic E-state index is -0.697. The van der Waals surface area contributed by atoms with Crippen LogP contribution in [0.3, 0.4) is 0 Å². The van der Waals surface area contributed by atoms with Crippen molar-refractivity contribution < 1.29 is 23.7 Å². The molecule has 0 atom stereocenters. The molecule has 2 aromatic rings. The van der Waals surface area contributed by atoms with Gasteiger partial charge >= 0.3 is 12.0 Å². The number of anilines is 1. The van der Waals surface area contributed by atoms with Crippen LogP contribution in [0.25, 0.3) is 0 Å². The second-order valence-corrected chi connectivity index (χ2v) is 3.91. The number of aromatic nitrogens is 3. The number of esters is 1. The summed E-state index contributed by atoms with van der Waals surface area (Å²) in [6, 6.07) is 4.34. The van der Waals surface area contributed by atoms with Crippen molar-refractivity contribution in [3.63, 3.8) is 0 Å². The quantitative estimate of drug-likeness (QED) is 0.808. The number of carbonyl (C=O) groups excluding carboxylic acids is 1. The van der Waals surface area contributed by atoms with Crippen molar-refractivity contribution in [2.45, 2.75) is 0 Å². The molecule has 22 heavy (non-hydrogen) atoms. The Labute approximate surface area is 126 Å². The van der Waals surface area contributed by atoms with E-state index in [1.165, 1.54) is 39.5 Å². The van der Waals surface area contributed by atoms with E-state index in [1.54, 1.807) is 0 Å². The summed E-state index contributed by atoms with van der Waals surface area (Å²) in [6.07, 6.45) is 0. The van der Waals surface area contributed by atoms with Crippen molar-refractivity contribution in [1.82, 2.24) is 15.0 Å². The third kappa shape index (κ3) is 3.32. The Hall–Kier alpha value is -3.10. The van der Waals surface area contributed by atoms with E-state index in [2.05, 4.69) is 19.7 Å². The number of hydrogen-bond acceptors (Lipinski definition) is 9. The Morgan fingerprint density at radius 2 is 1.68 bits per heavy atom. The largest absolute Gasteiger partial charge is 0.481 e. The van der Waals surface area contributed by atoms with E-state index in [1.807, 2.05) is 0 Å². The van der Waals surface area contributed by atoms with E-state index in [0.717, 1.165) is 0 Å². The van der Waals surface area contributed by atoms with E-state index in [0.29, 0.717) is 0 Å². The zero-order chi connectivity index (χ0) is 16.1. The normalized spacial score (nSPS) is 9.95. The molecule has 0 amide bonds. The number of nitrogens with zero attached hydrogens (tertiary/aromatic N) is 3. The van der Waals surface area contributed by atoms with Gasteiger partial charge in [-0.05, 0) is 12.1 Å². The smallest absolute Gasteiger partial charge is 0.360 e. The first-order valence-electron chi connectivity index (χ1n) is 6.07. The molecule has 0 aliphatic carbocycles. The van der Waals surface area contributed by atoms with Gasteiger partial charge < -0.3 is 24.7 Å². The molecule has 2 heterocycles. The maximum atomic E-state index is 11.7. The van der Waals surface area contributed by atoms with Crippen LogP contribution in [0.15, 0.2) is 18.2 Å². The van der Waals surface area contributed by atoms with E-state index >= 15 is 0 Å². The molecule has 0 aromatic carbocycles. The van der Waals surface area contributed by atoms with Gasteiger partial charge in [0, 0.05) is 0 Å². The molecule has 2 N–H and O–H groups in total. The number of hydrogen-bond donors (Lipinski definition) is 1. The Kier molecular flexibility index (Phi) is 4.57. The average molecular weight is 306 g/mol. The van der Waals surface area contributed by atoms with Gasteiger partial charge in [0.05, 0.1) is 27.4 Å². The minimum Gasteiger partial charge on any atom is -0.481 e. The number of methoxy groups -OCH3 is 3. The van der Waals surface area contributed by atoms with Crippen LogP contribution < -0.4 is 19.9 Å². The maximum Gasteiger partial charge on any atom is 0.360 e.